The normalized spacial score (nSPS) is 15.8. The number of aryl methyl sites for hydroxylation is 2. The standard InChI is InChI=1S/C16H19F2N5O4S/c1-3-14-15(23(24)25)16(20(2)19-14)21-6-8-22(9-7-21)28(26,27)11-4-5-12(17)13(18)10-11/h4-5,10H,3,6-9H2,1-2H3. The summed E-state index contributed by atoms with van der Waals surface area (Å²) in [7, 11) is -2.40. The lowest BCUT2D eigenvalue weighted by molar-refractivity contribution is -0.384. The van der Waals surface area contributed by atoms with Crippen molar-refractivity contribution >= 4 is 21.5 Å². The molecule has 0 unspecified atom stereocenters. The SMILES string of the molecule is CCc1nn(C)c(N2CCN(S(=O)(=O)c3ccc(F)c(F)c3)CC2)c1[N+](=O)[O-]. The highest BCUT2D eigenvalue weighted by Crippen LogP contribution is 2.33. The number of aromatic nitrogens is 2. The molecule has 0 atom stereocenters. The molecular weight excluding hydrogens is 396 g/mol. The Balaban J connectivity index is 1.82. The van der Waals surface area contributed by atoms with Crippen LogP contribution in [0.3, 0.4) is 0 Å². The van der Waals surface area contributed by atoms with E-state index in [2.05, 4.69) is 5.10 Å². The molecule has 0 saturated carbocycles. The van der Waals surface area contributed by atoms with Crippen molar-refractivity contribution in [2.75, 3.05) is 31.1 Å². The number of anilines is 1. The molecule has 9 nitrogen and oxygen atoms in total. The predicted octanol–water partition coefficient (Wildman–Crippen LogP) is 1.68. The summed E-state index contributed by atoms with van der Waals surface area (Å²) in [5.74, 6) is -2.04. The monoisotopic (exact) mass is 415 g/mol. The minimum absolute atomic E-state index is 0.0467. The first-order valence-electron chi connectivity index (χ1n) is 8.57. The number of nitrogens with zero attached hydrogens (tertiary/aromatic N) is 5. The third-order valence-corrected chi connectivity index (χ3v) is 6.54. The first-order chi connectivity index (χ1) is 13.2. The number of piperazine rings is 1. The van der Waals surface area contributed by atoms with Gasteiger partial charge in [-0.05, 0) is 24.6 Å². The Hall–Kier alpha value is -2.60. The van der Waals surface area contributed by atoms with Crippen molar-refractivity contribution in [2.24, 2.45) is 7.05 Å². The fraction of sp³-hybridized carbons (Fsp3) is 0.438. The summed E-state index contributed by atoms with van der Waals surface area (Å²) in [4.78, 5) is 12.4. The van der Waals surface area contributed by atoms with Gasteiger partial charge in [0, 0.05) is 33.2 Å². The number of rotatable bonds is 5. The molecule has 28 heavy (non-hydrogen) atoms. The summed E-state index contributed by atoms with van der Waals surface area (Å²) >= 11 is 0. The van der Waals surface area contributed by atoms with Gasteiger partial charge in [-0.3, -0.25) is 10.1 Å². The number of halogens is 2. The van der Waals surface area contributed by atoms with E-state index in [1.54, 1.807) is 18.9 Å². The molecule has 12 heteroatoms. The summed E-state index contributed by atoms with van der Waals surface area (Å²) in [6.45, 7) is 2.26. The first-order valence-corrected chi connectivity index (χ1v) is 10.0. The van der Waals surface area contributed by atoms with Crippen LogP contribution in [0.5, 0.6) is 0 Å². The lowest BCUT2D eigenvalue weighted by Gasteiger charge is -2.34. The Morgan fingerprint density at radius 3 is 2.36 bits per heavy atom. The van der Waals surface area contributed by atoms with Crippen LogP contribution in [0, 0.1) is 21.7 Å². The van der Waals surface area contributed by atoms with E-state index in [0.29, 0.717) is 24.0 Å². The van der Waals surface area contributed by atoms with E-state index in [9.17, 15) is 27.3 Å². The van der Waals surface area contributed by atoms with Gasteiger partial charge in [0.25, 0.3) is 0 Å². The molecule has 1 aromatic heterocycles. The zero-order valence-electron chi connectivity index (χ0n) is 15.3. The average Bonchev–Trinajstić information content (AvgIpc) is 3.00. The van der Waals surface area contributed by atoms with E-state index in [1.165, 1.54) is 4.68 Å². The molecule has 3 rings (SSSR count). The molecule has 0 radical (unpaired) electrons. The molecular formula is C16H19F2N5O4S. The van der Waals surface area contributed by atoms with Crippen LogP contribution in [0.1, 0.15) is 12.6 Å². The lowest BCUT2D eigenvalue weighted by Crippen LogP contribution is -2.49. The molecule has 0 spiro atoms. The number of benzene rings is 1. The highest BCUT2D eigenvalue weighted by molar-refractivity contribution is 7.89. The number of nitro groups is 1. The van der Waals surface area contributed by atoms with Gasteiger partial charge in [-0.2, -0.15) is 9.40 Å². The van der Waals surface area contributed by atoms with Gasteiger partial charge in [0.1, 0.15) is 5.69 Å². The van der Waals surface area contributed by atoms with E-state index in [4.69, 9.17) is 0 Å². The van der Waals surface area contributed by atoms with Crippen molar-refractivity contribution in [1.29, 1.82) is 0 Å². The zero-order valence-corrected chi connectivity index (χ0v) is 16.1. The Morgan fingerprint density at radius 1 is 1.18 bits per heavy atom. The van der Waals surface area contributed by atoms with E-state index in [-0.39, 0.29) is 36.8 Å². The highest BCUT2D eigenvalue weighted by Gasteiger charge is 2.34. The van der Waals surface area contributed by atoms with Crippen LogP contribution < -0.4 is 4.90 Å². The van der Waals surface area contributed by atoms with Gasteiger partial charge in [-0.15, -0.1) is 0 Å². The number of hydrogen-bond acceptors (Lipinski definition) is 6. The maximum atomic E-state index is 13.4. The van der Waals surface area contributed by atoms with Crippen molar-refractivity contribution in [3.8, 4) is 0 Å². The molecule has 152 valence electrons. The van der Waals surface area contributed by atoms with Gasteiger partial charge in [0.15, 0.2) is 11.6 Å². The summed E-state index contributed by atoms with van der Waals surface area (Å²) < 4.78 is 54.4. The first kappa shape index (κ1) is 20.1. The van der Waals surface area contributed by atoms with Crippen molar-refractivity contribution in [3.63, 3.8) is 0 Å². The van der Waals surface area contributed by atoms with Crippen molar-refractivity contribution in [2.45, 2.75) is 18.2 Å². The Kier molecular flexibility index (Phi) is 5.35. The number of hydrogen-bond donors (Lipinski definition) is 0. The molecule has 2 heterocycles. The van der Waals surface area contributed by atoms with Gasteiger partial charge >= 0.3 is 5.69 Å². The van der Waals surface area contributed by atoms with Gasteiger partial charge in [-0.25, -0.2) is 21.9 Å². The van der Waals surface area contributed by atoms with Crippen LogP contribution in [0.15, 0.2) is 23.1 Å². The van der Waals surface area contributed by atoms with Gasteiger partial charge in [-0.1, -0.05) is 6.92 Å². The average molecular weight is 415 g/mol. The van der Waals surface area contributed by atoms with E-state index in [0.717, 1.165) is 16.4 Å². The second kappa shape index (κ2) is 7.43. The molecule has 0 N–H and O–H groups in total. The minimum atomic E-state index is -4.00. The zero-order chi connectivity index (χ0) is 20.6. The fourth-order valence-electron chi connectivity index (χ4n) is 3.26. The predicted molar refractivity (Wildman–Crippen MR) is 96.6 cm³/mol. The quantitative estimate of drug-likeness (QED) is 0.544. The van der Waals surface area contributed by atoms with Crippen molar-refractivity contribution in [3.05, 3.63) is 45.6 Å². The molecule has 1 saturated heterocycles. The second-order valence-electron chi connectivity index (χ2n) is 6.32. The third kappa shape index (κ3) is 3.44. The molecule has 1 aliphatic heterocycles. The summed E-state index contributed by atoms with van der Waals surface area (Å²) in [6, 6.07) is 2.43. The summed E-state index contributed by atoms with van der Waals surface area (Å²) in [6.07, 6.45) is 0.397. The maximum absolute atomic E-state index is 13.4. The van der Waals surface area contributed by atoms with Crippen LogP contribution >= 0.6 is 0 Å². The van der Waals surface area contributed by atoms with Gasteiger partial charge in [0.05, 0.1) is 9.82 Å². The van der Waals surface area contributed by atoms with E-state index >= 15 is 0 Å². The van der Waals surface area contributed by atoms with Gasteiger partial charge in [0.2, 0.25) is 15.8 Å². The topological polar surface area (TPSA) is 102 Å². The molecule has 1 aliphatic rings. The lowest BCUT2D eigenvalue weighted by atomic mass is 10.2. The Morgan fingerprint density at radius 2 is 1.82 bits per heavy atom. The van der Waals surface area contributed by atoms with Gasteiger partial charge < -0.3 is 4.90 Å². The molecule has 2 aromatic rings. The number of sulfonamides is 1. The third-order valence-electron chi connectivity index (χ3n) is 4.65. The largest absolute Gasteiger partial charge is 0.348 e. The minimum Gasteiger partial charge on any atom is -0.348 e. The molecule has 1 fully saturated rings. The van der Waals surface area contributed by atoms with Crippen molar-refractivity contribution in [1.82, 2.24) is 14.1 Å². The second-order valence-corrected chi connectivity index (χ2v) is 8.26. The summed E-state index contributed by atoms with van der Waals surface area (Å²) in [5, 5.41) is 15.7. The smallest absolute Gasteiger partial charge is 0.334 e. The van der Waals surface area contributed by atoms with Crippen LogP contribution in [-0.2, 0) is 23.5 Å². The van der Waals surface area contributed by atoms with Crippen LogP contribution in [0.25, 0.3) is 0 Å². The molecule has 1 aromatic carbocycles. The van der Waals surface area contributed by atoms with Crippen molar-refractivity contribution < 1.29 is 22.1 Å². The summed E-state index contributed by atoms with van der Waals surface area (Å²) in [5.41, 5.74) is 0.279. The Bertz CT molecular complexity index is 1020. The molecule has 0 amide bonds. The highest BCUT2D eigenvalue weighted by atomic mass is 32.2. The van der Waals surface area contributed by atoms with Crippen LogP contribution in [0.4, 0.5) is 20.3 Å². The Labute approximate surface area is 160 Å². The van der Waals surface area contributed by atoms with Crippen LogP contribution in [-0.4, -0.2) is 53.6 Å². The van der Waals surface area contributed by atoms with E-state index in [1.807, 2.05) is 0 Å². The maximum Gasteiger partial charge on any atom is 0.334 e. The van der Waals surface area contributed by atoms with E-state index < -0.39 is 26.6 Å². The fourth-order valence-corrected chi connectivity index (χ4v) is 4.70. The molecule has 0 aliphatic carbocycles. The van der Waals surface area contributed by atoms with Crippen LogP contribution in [0.2, 0.25) is 0 Å². The molecule has 0 bridgehead atoms.